The first-order valence-electron chi connectivity index (χ1n) is 8.28. The number of para-hydroxylation sites is 1. The van der Waals surface area contributed by atoms with Gasteiger partial charge < -0.3 is 10.6 Å². The average molecular weight is 286 g/mol. The number of amides is 1. The summed E-state index contributed by atoms with van der Waals surface area (Å²) in [4.78, 5) is 12.6. The number of carbonyl (C=O) groups is 1. The van der Waals surface area contributed by atoms with E-state index in [-0.39, 0.29) is 11.8 Å². The van der Waals surface area contributed by atoms with Gasteiger partial charge in [-0.2, -0.15) is 0 Å². The molecule has 1 aliphatic heterocycles. The molecule has 21 heavy (non-hydrogen) atoms. The maximum atomic E-state index is 12.6. The first-order valence-corrected chi connectivity index (χ1v) is 8.28. The first-order chi connectivity index (χ1) is 10.2. The molecule has 1 heterocycles. The molecule has 0 spiro atoms. The molecule has 0 radical (unpaired) electrons. The molecule has 3 nitrogen and oxygen atoms in total. The summed E-state index contributed by atoms with van der Waals surface area (Å²) in [6.45, 7) is 4.03. The van der Waals surface area contributed by atoms with Gasteiger partial charge in [0.05, 0.1) is 5.92 Å². The number of hydrogen-bond acceptors (Lipinski definition) is 2. The molecule has 1 unspecified atom stereocenters. The van der Waals surface area contributed by atoms with Crippen molar-refractivity contribution >= 4 is 11.6 Å². The Kier molecular flexibility index (Phi) is 4.18. The van der Waals surface area contributed by atoms with E-state index < -0.39 is 0 Å². The number of carbonyl (C=O) groups excluding carboxylic acids is 1. The Labute approximate surface area is 127 Å². The van der Waals surface area contributed by atoms with E-state index in [4.69, 9.17) is 0 Å². The van der Waals surface area contributed by atoms with E-state index in [0.717, 1.165) is 30.8 Å². The van der Waals surface area contributed by atoms with Crippen molar-refractivity contribution in [3.05, 3.63) is 29.8 Å². The highest BCUT2D eigenvalue weighted by atomic mass is 16.1. The Morgan fingerprint density at radius 1 is 1.29 bits per heavy atom. The van der Waals surface area contributed by atoms with Crippen molar-refractivity contribution < 1.29 is 4.79 Å². The van der Waals surface area contributed by atoms with Crippen molar-refractivity contribution in [2.24, 2.45) is 5.41 Å². The van der Waals surface area contributed by atoms with Crippen LogP contribution in [0.4, 0.5) is 5.69 Å². The molecule has 1 aromatic carbocycles. The zero-order valence-electron chi connectivity index (χ0n) is 13.0. The summed E-state index contributed by atoms with van der Waals surface area (Å²) in [7, 11) is 0. The minimum atomic E-state index is 0.00893. The molecule has 114 valence electrons. The van der Waals surface area contributed by atoms with Gasteiger partial charge >= 0.3 is 0 Å². The number of anilines is 1. The van der Waals surface area contributed by atoms with E-state index in [0.29, 0.717) is 5.41 Å². The molecular formula is C18H26N2O. The topological polar surface area (TPSA) is 41.1 Å². The summed E-state index contributed by atoms with van der Waals surface area (Å²) in [5.74, 6) is 0.213. The third-order valence-corrected chi connectivity index (χ3v) is 5.15. The molecule has 1 aromatic rings. The van der Waals surface area contributed by atoms with Crippen LogP contribution in [0.3, 0.4) is 0 Å². The van der Waals surface area contributed by atoms with Crippen molar-refractivity contribution in [2.45, 2.75) is 51.4 Å². The van der Waals surface area contributed by atoms with E-state index in [1.807, 2.05) is 12.1 Å². The maximum Gasteiger partial charge on any atom is 0.227 e. The summed E-state index contributed by atoms with van der Waals surface area (Å²) in [5, 5.41) is 6.62. The second-order valence-electron chi connectivity index (χ2n) is 6.94. The normalized spacial score (nSPS) is 23.8. The van der Waals surface area contributed by atoms with Crippen LogP contribution in [0.5, 0.6) is 0 Å². The monoisotopic (exact) mass is 286 g/mol. The molecule has 1 amide bonds. The second-order valence-corrected chi connectivity index (χ2v) is 6.94. The average Bonchev–Trinajstić information content (AvgIpc) is 2.53. The van der Waals surface area contributed by atoms with Crippen LogP contribution in [-0.2, 0) is 4.79 Å². The lowest BCUT2D eigenvalue weighted by Crippen LogP contribution is -2.40. The van der Waals surface area contributed by atoms with Crippen LogP contribution in [0.2, 0.25) is 0 Å². The lowest BCUT2D eigenvalue weighted by Gasteiger charge is -2.34. The predicted molar refractivity (Wildman–Crippen MR) is 86.5 cm³/mol. The van der Waals surface area contributed by atoms with Crippen molar-refractivity contribution in [3.8, 4) is 0 Å². The molecule has 1 aliphatic carbocycles. The van der Waals surface area contributed by atoms with Crippen molar-refractivity contribution in [1.29, 1.82) is 0 Å². The van der Waals surface area contributed by atoms with Crippen LogP contribution in [0, 0.1) is 5.41 Å². The number of fused-ring (bicyclic) bond motifs is 1. The minimum absolute atomic E-state index is 0.00893. The fourth-order valence-corrected chi connectivity index (χ4v) is 3.75. The third kappa shape index (κ3) is 3.22. The summed E-state index contributed by atoms with van der Waals surface area (Å²) >= 11 is 0. The number of hydrogen-bond donors (Lipinski definition) is 2. The molecule has 1 atom stereocenters. The van der Waals surface area contributed by atoms with Gasteiger partial charge in [0.1, 0.15) is 0 Å². The number of rotatable bonds is 3. The van der Waals surface area contributed by atoms with Crippen molar-refractivity contribution in [2.75, 3.05) is 18.4 Å². The van der Waals surface area contributed by atoms with Gasteiger partial charge in [0.25, 0.3) is 0 Å². The van der Waals surface area contributed by atoms with E-state index in [1.54, 1.807) is 0 Å². The van der Waals surface area contributed by atoms with Crippen molar-refractivity contribution in [3.63, 3.8) is 0 Å². The zero-order chi connectivity index (χ0) is 14.7. The van der Waals surface area contributed by atoms with Gasteiger partial charge in [-0.25, -0.2) is 0 Å². The summed E-state index contributed by atoms with van der Waals surface area (Å²) in [5.41, 5.74) is 2.57. The van der Waals surface area contributed by atoms with Crippen LogP contribution in [0.25, 0.3) is 0 Å². The fourth-order valence-electron chi connectivity index (χ4n) is 3.75. The predicted octanol–water partition coefficient (Wildman–Crippen LogP) is 3.67. The van der Waals surface area contributed by atoms with Crippen LogP contribution in [0.15, 0.2) is 24.3 Å². The van der Waals surface area contributed by atoms with E-state index in [9.17, 15) is 4.79 Å². The van der Waals surface area contributed by atoms with Gasteiger partial charge in [-0.05, 0) is 36.3 Å². The first kappa shape index (κ1) is 14.4. The molecule has 0 bridgehead atoms. The lowest BCUT2D eigenvalue weighted by atomic mass is 9.75. The fraction of sp³-hybridized carbons (Fsp3) is 0.611. The van der Waals surface area contributed by atoms with Gasteiger partial charge in [-0.15, -0.1) is 0 Å². The minimum Gasteiger partial charge on any atom is -0.385 e. The molecule has 1 saturated carbocycles. The third-order valence-electron chi connectivity index (χ3n) is 5.15. The standard InChI is InChI=1S/C18H26N2O/c1-18(10-5-2-6-11-18)13-20-17(21)15-9-12-19-16-8-4-3-7-14(15)16/h3-4,7-8,15,19H,2,5-6,9-13H2,1H3,(H,20,21). The van der Waals surface area contributed by atoms with Gasteiger partial charge in [0, 0.05) is 18.8 Å². The van der Waals surface area contributed by atoms with Crippen LogP contribution < -0.4 is 10.6 Å². The molecule has 0 saturated heterocycles. The number of nitrogens with one attached hydrogen (secondary N) is 2. The van der Waals surface area contributed by atoms with Gasteiger partial charge in [0.2, 0.25) is 5.91 Å². The Morgan fingerprint density at radius 3 is 2.86 bits per heavy atom. The summed E-state index contributed by atoms with van der Waals surface area (Å²) in [6, 6.07) is 8.19. The molecule has 3 rings (SSSR count). The smallest absolute Gasteiger partial charge is 0.227 e. The quantitative estimate of drug-likeness (QED) is 0.890. The summed E-state index contributed by atoms with van der Waals surface area (Å²) < 4.78 is 0. The van der Waals surface area contributed by atoms with Crippen LogP contribution in [0.1, 0.15) is 56.9 Å². The zero-order valence-corrected chi connectivity index (χ0v) is 13.0. The molecule has 2 aliphatic rings. The van der Waals surface area contributed by atoms with Crippen molar-refractivity contribution in [1.82, 2.24) is 5.32 Å². The number of benzene rings is 1. The van der Waals surface area contributed by atoms with E-state index in [1.165, 1.54) is 32.1 Å². The molecule has 1 fully saturated rings. The van der Waals surface area contributed by atoms with Gasteiger partial charge in [-0.3, -0.25) is 4.79 Å². The Hall–Kier alpha value is -1.51. The largest absolute Gasteiger partial charge is 0.385 e. The van der Waals surface area contributed by atoms with E-state index >= 15 is 0 Å². The molecule has 2 N–H and O–H groups in total. The highest BCUT2D eigenvalue weighted by Gasteiger charge is 2.30. The summed E-state index contributed by atoms with van der Waals surface area (Å²) in [6.07, 6.45) is 7.35. The molecular weight excluding hydrogens is 260 g/mol. The van der Waals surface area contributed by atoms with Crippen LogP contribution >= 0.6 is 0 Å². The van der Waals surface area contributed by atoms with Crippen LogP contribution in [-0.4, -0.2) is 19.0 Å². The molecule has 3 heteroatoms. The van der Waals surface area contributed by atoms with E-state index in [2.05, 4.69) is 29.7 Å². The maximum absolute atomic E-state index is 12.6. The van der Waals surface area contributed by atoms with Gasteiger partial charge in [-0.1, -0.05) is 44.4 Å². The lowest BCUT2D eigenvalue weighted by molar-refractivity contribution is -0.123. The Morgan fingerprint density at radius 2 is 2.05 bits per heavy atom. The highest BCUT2D eigenvalue weighted by Crippen LogP contribution is 2.36. The Balaban J connectivity index is 1.64. The molecule has 0 aromatic heterocycles. The second kappa shape index (κ2) is 6.08. The SMILES string of the molecule is CC1(CNC(=O)C2CCNc3ccccc32)CCCCC1. The van der Waals surface area contributed by atoms with Gasteiger partial charge in [0.15, 0.2) is 0 Å². The Bertz CT molecular complexity index is 506. The highest BCUT2D eigenvalue weighted by molar-refractivity contribution is 5.86.